The van der Waals surface area contributed by atoms with Gasteiger partial charge in [-0.1, -0.05) is 36.4 Å². The Morgan fingerprint density at radius 3 is 1.66 bits per heavy atom. The molecular weight excluding hydrogens is 616 g/mol. The van der Waals surface area contributed by atoms with Gasteiger partial charge in [0.25, 0.3) is 0 Å². The van der Waals surface area contributed by atoms with Crippen molar-refractivity contribution >= 4 is 37.6 Å². The number of piperidine rings is 2. The molecule has 0 unspecified atom stereocenters. The summed E-state index contributed by atoms with van der Waals surface area (Å²) >= 11 is 0. The highest BCUT2D eigenvalue weighted by atomic mass is 32.2. The molecule has 0 aromatic heterocycles. The molecule has 3 aromatic carbocycles. The SMILES string of the molecule is O=C(Nc1ccc(F)c(F)c1)[C@H]1CCCN(S(=O)(=O)c2ccccc2)C1.O=C(O)[C@H]1CCCN(S(=O)(=O)c2ccccc2)C1. The van der Waals surface area contributed by atoms with Crippen LogP contribution >= 0.6 is 0 Å². The minimum absolute atomic E-state index is 0.0484. The molecule has 2 fully saturated rings. The molecule has 0 spiro atoms. The lowest BCUT2D eigenvalue weighted by atomic mass is 9.98. The first-order valence-electron chi connectivity index (χ1n) is 14.0. The van der Waals surface area contributed by atoms with Gasteiger partial charge in [-0.3, -0.25) is 9.59 Å². The molecule has 1 amide bonds. The summed E-state index contributed by atoms with van der Waals surface area (Å²) in [6, 6.07) is 19.2. The number of nitrogens with one attached hydrogen (secondary N) is 1. The van der Waals surface area contributed by atoms with Gasteiger partial charge < -0.3 is 10.4 Å². The fourth-order valence-electron chi connectivity index (χ4n) is 5.04. The Hall–Kier alpha value is -3.72. The van der Waals surface area contributed by atoms with Gasteiger partial charge in [-0.2, -0.15) is 8.61 Å². The van der Waals surface area contributed by atoms with Crippen LogP contribution < -0.4 is 5.32 Å². The molecule has 2 saturated heterocycles. The van der Waals surface area contributed by atoms with Crippen molar-refractivity contribution in [2.45, 2.75) is 35.5 Å². The standard InChI is InChI=1S/C18H18F2N2O3S.C12H15NO4S/c19-16-9-8-14(11-17(16)20)21-18(23)13-5-4-10-22(12-13)26(24,25)15-6-2-1-3-7-15;14-12(15)10-5-4-8-13(9-10)18(16,17)11-6-2-1-3-7-11/h1-3,6-9,11,13H,4-5,10,12H2,(H,21,23);1-3,6-7,10H,4-5,8-9H2,(H,14,15)/t13-;10-/m00/s1. The van der Waals surface area contributed by atoms with E-state index in [-0.39, 0.29) is 28.6 Å². The lowest BCUT2D eigenvalue weighted by molar-refractivity contribution is -0.142. The summed E-state index contributed by atoms with van der Waals surface area (Å²) in [7, 11) is -7.23. The summed E-state index contributed by atoms with van der Waals surface area (Å²) < 4.78 is 78.8. The molecule has 44 heavy (non-hydrogen) atoms. The number of anilines is 1. The Morgan fingerprint density at radius 2 is 1.18 bits per heavy atom. The van der Waals surface area contributed by atoms with Crippen LogP contribution in [0.2, 0.25) is 0 Å². The molecule has 0 saturated carbocycles. The van der Waals surface area contributed by atoms with Gasteiger partial charge in [0.05, 0.1) is 21.6 Å². The highest BCUT2D eigenvalue weighted by Crippen LogP contribution is 2.26. The Bertz CT molecular complexity index is 1680. The van der Waals surface area contributed by atoms with Crippen LogP contribution in [0.3, 0.4) is 0 Å². The van der Waals surface area contributed by atoms with Crippen molar-refractivity contribution in [1.82, 2.24) is 8.61 Å². The summed E-state index contributed by atoms with van der Waals surface area (Å²) in [6.07, 6.45) is 2.19. The van der Waals surface area contributed by atoms with Crippen molar-refractivity contribution < 1.29 is 40.3 Å². The second-order valence-corrected chi connectivity index (χ2v) is 14.4. The van der Waals surface area contributed by atoms with Gasteiger partial charge in [-0.15, -0.1) is 0 Å². The number of benzene rings is 3. The Kier molecular flexibility index (Phi) is 10.8. The minimum Gasteiger partial charge on any atom is -0.481 e. The van der Waals surface area contributed by atoms with E-state index in [9.17, 15) is 35.2 Å². The molecule has 2 heterocycles. The van der Waals surface area contributed by atoms with E-state index in [0.717, 1.165) is 12.1 Å². The molecule has 236 valence electrons. The van der Waals surface area contributed by atoms with Crippen molar-refractivity contribution in [1.29, 1.82) is 0 Å². The third-order valence-corrected chi connectivity index (χ3v) is 11.2. The number of amides is 1. The maximum absolute atomic E-state index is 13.3. The number of nitrogens with zero attached hydrogens (tertiary/aromatic N) is 2. The molecule has 2 aliphatic heterocycles. The van der Waals surface area contributed by atoms with Crippen LogP contribution in [-0.2, 0) is 29.6 Å². The third-order valence-electron chi connectivity index (χ3n) is 7.44. The predicted molar refractivity (Wildman–Crippen MR) is 158 cm³/mol. The molecule has 2 aliphatic rings. The number of hydrogen-bond acceptors (Lipinski definition) is 6. The first-order valence-corrected chi connectivity index (χ1v) is 16.9. The van der Waals surface area contributed by atoms with Crippen LogP contribution in [0, 0.1) is 23.5 Å². The second kappa shape index (κ2) is 14.4. The van der Waals surface area contributed by atoms with Crippen LogP contribution in [0.4, 0.5) is 14.5 Å². The minimum atomic E-state index is -3.67. The molecule has 14 heteroatoms. The average Bonchev–Trinajstić information content (AvgIpc) is 3.04. The van der Waals surface area contributed by atoms with Gasteiger partial charge in [0.1, 0.15) is 0 Å². The average molecular weight is 650 g/mol. The first-order chi connectivity index (χ1) is 20.9. The topological polar surface area (TPSA) is 141 Å². The van der Waals surface area contributed by atoms with E-state index >= 15 is 0 Å². The summed E-state index contributed by atoms with van der Waals surface area (Å²) in [5.74, 6) is -4.56. The second-order valence-electron chi connectivity index (χ2n) is 10.5. The molecule has 0 bridgehead atoms. The molecule has 10 nitrogen and oxygen atoms in total. The Morgan fingerprint density at radius 1 is 0.705 bits per heavy atom. The number of aliphatic carboxylic acids is 1. The quantitative estimate of drug-likeness (QED) is 0.391. The number of hydrogen-bond donors (Lipinski definition) is 2. The van der Waals surface area contributed by atoms with Crippen molar-refractivity contribution in [3.05, 3.63) is 90.5 Å². The molecule has 0 aliphatic carbocycles. The Labute approximate surface area is 255 Å². The summed E-state index contributed by atoms with van der Waals surface area (Å²) in [6.45, 7) is 0.840. The fraction of sp³-hybridized carbons (Fsp3) is 0.333. The van der Waals surface area contributed by atoms with Crippen LogP contribution in [0.15, 0.2) is 88.7 Å². The number of carboxylic acids is 1. The molecular formula is C30H33F2N3O7S2. The fourth-order valence-corrected chi connectivity index (χ4v) is 8.13. The van der Waals surface area contributed by atoms with E-state index in [0.29, 0.717) is 38.8 Å². The zero-order chi connectivity index (χ0) is 31.9. The monoisotopic (exact) mass is 649 g/mol. The highest BCUT2D eigenvalue weighted by molar-refractivity contribution is 7.89. The Balaban J connectivity index is 0.000000215. The van der Waals surface area contributed by atoms with Crippen molar-refractivity contribution in [2.24, 2.45) is 11.8 Å². The van der Waals surface area contributed by atoms with Gasteiger partial charge in [0, 0.05) is 37.9 Å². The molecule has 0 radical (unpaired) electrons. The smallest absolute Gasteiger partial charge is 0.307 e. The zero-order valence-electron chi connectivity index (χ0n) is 23.7. The third kappa shape index (κ3) is 8.05. The van der Waals surface area contributed by atoms with Crippen LogP contribution in [0.25, 0.3) is 0 Å². The van der Waals surface area contributed by atoms with Gasteiger partial charge in [-0.25, -0.2) is 25.6 Å². The van der Waals surface area contributed by atoms with Crippen molar-refractivity contribution in [3.8, 4) is 0 Å². The normalized spacial score (nSPS) is 19.8. The summed E-state index contributed by atoms with van der Waals surface area (Å²) in [5, 5.41) is 11.5. The zero-order valence-corrected chi connectivity index (χ0v) is 25.3. The summed E-state index contributed by atoms with van der Waals surface area (Å²) in [5.41, 5.74) is 0.136. The van der Waals surface area contributed by atoms with Gasteiger partial charge >= 0.3 is 5.97 Å². The number of carbonyl (C=O) groups is 2. The van der Waals surface area contributed by atoms with Crippen LogP contribution in [0.5, 0.6) is 0 Å². The lowest BCUT2D eigenvalue weighted by Crippen LogP contribution is -2.43. The number of carboxylic acid groups (broad SMARTS) is 1. The number of sulfonamides is 2. The predicted octanol–water partition coefficient (Wildman–Crippen LogP) is 4.18. The maximum Gasteiger partial charge on any atom is 0.307 e. The highest BCUT2D eigenvalue weighted by Gasteiger charge is 2.34. The van der Waals surface area contributed by atoms with Crippen LogP contribution in [0.1, 0.15) is 25.7 Å². The maximum atomic E-state index is 13.3. The van der Waals surface area contributed by atoms with Gasteiger partial charge in [0.15, 0.2) is 11.6 Å². The first kappa shape index (κ1) is 33.2. The van der Waals surface area contributed by atoms with Crippen LogP contribution in [-0.4, -0.2) is 68.6 Å². The van der Waals surface area contributed by atoms with E-state index in [1.54, 1.807) is 36.4 Å². The molecule has 3 aromatic rings. The van der Waals surface area contributed by atoms with E-state index in [1.807, 2.05) is 0 Å². The number of halogens is 2. The van der Waals surface area contributed by atoms with Gasteiger partial charge in [0.2, 0.25) is 26.0 Å². The van der Waals surface area contributed by atoms with E-state index in [1.165, 1.54) is 38.9 Å². The number of rotatable bonds is 7. The largest absolute Gasteiger partial charge is 0.481 e. The summed E-state index contributed by atoms with van der Waals surface area (Å²) in [4.78, 5) is 23.8. The van der Waals surface area contributed by atoms with Crippen molar-refractivity contribution in [3.63, 3.8) is 0 Å². The molecule has 2 atom stereocenters. The molecule has 2 N–H and O–H groups in total. The van der Waals surface area contributed by atoms with E-state index in [4.69, 9.17) is 5.11 Å². The van der Waals surface area contributed by atoms with Crippen molar-refractivity contribution in [2.75, 3.05) is 31.5 Å². The molecule has 5 rings (SSSR count). The van der Waals surface area contributed by atoms with Gasteiger partial charge in [-0.05, 0) is 62.1 Å². The van der Waals surface area contributed by atoms with E-state index in [2.05, 4.69) is 5.32 Å². The van der Waals surface area contributed by atoms with E-state index < -0.39 is 55.4 Å². The number of carbonyl (C=O) groups excluding carboxylic acids is 1. The lowest BCUT2D eigenvalue weighted by Gasteiger charge is -2.31.